The van der Waals surface area contributed by atoms with Crippen LogP contribution in [0, 0.1) is 11.3 Å². The molecule has 0 saturated heterocycles. The Labute approximate surface area is 153 Å². The number of rotatable bonds is 5. The molecule has 3 rings (SSSR count). The number of nitrogens with zero attached hydrogens (tertiary/aromatic N) is 4. The third-order valence-corrected chi connectivity index (χ3v) is 4.27. The van der Waals surface area contributed by atoms with Crippen LogP contribution < -0.4 is 5.56 Å². The number of Topliss-reactive ketones (excluding diaryl/α,β-unsaturated/α-hetero) is 1. The Hall–Kier alpha value is -3.21. The average Bonchev–Trinajstić information content (AvgIpc) is 2.64. The van der Waals surface area contributed by atoms with Gasteiger partial charge in [-0.1, -0.05) is 6.08 Å². The molecule has 0 aliphatic heterocycles. The van der Waals surface area contributed by atoms with Gasteiger partial charge >= 0.3 is 0 Å². The molecule has 0 aromatic carbocycles. The van der Waals surface area contributed by atoms with Crippen LogP contribution in [0.3, 0.4) is 0 Å². The van der Waals surface area contributed by atoms with Crippen LogP contribution in [0.5, 0.6) is 0 Å². The standard InChI is InChI=1S/C19H16F2N4O2/c20-19(21)6-3-14(4-7-19)17-1-2-18(27)25(24-17)12-16(26)10-13-5-8-23-15(9-13)11-22/h1-3,5,8-9H,4,6-7,10,12H2. The van der Waals surface area contributed by atoms with Gasteiger partial charge in [-0.2, -0.15) is 10.4 Å². The SMILES string of the molecule is N#Cc1cc(CC(=O)Cn2nc(C3=CCC(F)(F)CC3)ccc2=O)ccn1. The number of pyridine rings is 1. The van der Waals surface area contributed by atoms with Gasteiger partial charge in [0.25, 0.3) is 11.5 Å². The van der Waals surface area contributed by atoms with Crippen LogP contribution >= 0.6 is 0 Å². The summed E-state index contributed by atoms with van der Waals surface area (Å²) in [6, 6.07) is 7.80. The first-order valence-electron chi connectivity index (χ1n) is 8.38. The maximum absolute atomic E-state index is 13.3. The van der Waals surface area contributed by atoms with Crippen LogP contribution in [0.25, 0.3) is 5.57 Å². The summed E-state index contributed by atoms with van der Waals surface area (Å²) in [6.07, 6.45) is 2.46. The fraction of sp³-hybridized carbons (Fsp3) is 0.316. The van der Waals surface area contributed by atoms with Crippen molar-refractivity contribution in [3.05, 3.63) is 63.8 Å². The number of hydrogen-bond donors (Lipinski definition) is 0. The van der Waals surface area contributed by atoms with Crippen molar-refractivity contribution in [2.24, 2.45) is 0 Å². The molecule has 8 heteroatoms. The maximum Gasteiger partial charge on any atom is 0.267 e. The minimum Gasteiger partial charge on any atom is -0.297 e. The molecule has 0 saturated carbocycles. The molecule has 2 aromatic rings. The zero-order chi connectivity index (χ0) is 19.4. The van der Waals surface area contributed by atoms with E-state index in [4.69, 9.17) is 5.26 Å². The number of ketones is 1. The van der Waals surface area contributed by atoms with E-state index >= 15 is 0 Å². The Balaban J connectivity index is 1.75. The van der Waals surface area contributed by atoms with Gasteiger partial charge in [0.05, 0.1) is 5.69 Å². The molecule has 0 radical (unpaired) electrons. The zero-order valence-corrected chi connectivity index (χ0v) is 14.4. The van der Waals surface area contributed by atoms with Crippen molar-refractivity contribution in [3.63, 3.8) is 0 Å². The number of carbonyl (C=O) groups excluding carboxylic acids is 1. The summed E-state index contributed by atoms with van der Waals surface area (Å²) in [7, 11) is 0. The fourth-order valence-electron chi connectivity index (χ4n) is 2.86. The monoisotopic (exact) mass is 370 g/mol. The smallest absolute Gasteiger partial charge is 0.267 e. The van der Waals surface area contributed by atoms with E-state index in [0.29, 0.717) is 16.8 Å². The molecule has 2 heterocycles. The highest BCUT2D eigenvalue weighted by atomic mass is 19.3. The second-order valence-corrected chi connectivity index (χ2v) is 6.38. The predicted molar refractivity (Wildman–Crippen MR) is 92.9 cm³/mol. The lowest BCUT2D eigenvalue weighted by Crippen LogP contribution is -2.28. The number of hydrogen-bond acceptors (Lipinski definition) is 5. The number of nitriles is 1. The molecule has 6 nitrogen and oxygen atoms in total. The zero-order valence-electron chi connectivity index (χ0n) is 14.4. The highest BCUT2D eigenvalue weighted by molar-refractivity contribution is 5.80. The van der Waals surface area contributed by atoms with Crippen LogP contribution in [-0.2, 0) is 17.8 Å². The molecule has 0 amide bonds. The van der Waals surface area contributed by atoms with Crippen LogP contribution in [0.4, 0.5) is 8.78 Å². The van der Waals surface area contributed by atoms with Gasteiger partial charge in [0, 0.05) is 31.5 Å². The summed E-state index contributed by atoms with van der Waals surface area (Å²) in [5.74, 6) is -2.97. The molecule has 0 bridgehead atoms. The summed E-state index contributed by atoms with van der Waals surface area (Å²) in [5.41, 5.74) is 1.45. The van der Waals surface area contributed by atoms with Crippen molar-refractivity contribution >= 4 is 11.4 Å². The average molecular weight is 370 g/mol. The van der Waals surface area contributed by atoms with Gasteiger partial charge in [-0.05, 0) is 35.8 Å². The molecule has 0 unspecified atom stereocenters. The molecular formula is C19H16F2N4O2. The molecule has 1 aliphatic rings. The lowest BCUT2D eigenvalue weighted by atomic mass is 9.94. The molecule has 27 heavy (non-hydrogen) atoms. The summed E-state index contributed by atoms with van der Waals surface area (Å²) in [4.78, 5) is 28.1. The van der Waals surface area contributed by atoms with E-state index in [0.717, 1.165) is 4.68 Å². The summed E-state index contributed by atoms with van der Waals surface area (Å²) < 4.78 is 27.6. The first kappa shape index (κ1) is 18.6. The fourth-order valence-corrected chi connectivity index (χ4v) is 2.86. The lowest BCUT2D eigenvalue weighted by molar-refractivity contribution is -0.119. The van der Waals surface area contributed by atoms with Crippen LogP contribution in [0.1, 0.15) is 36.2 Å². The topological polar surface area (TPSA) is 88.6 Å². The van der Waals surface area contributed by atoms with Gasteiger partial charge in [-0.3, -0.25) is 9.59 Å². The van der Waals surface area contributed by atoms with E-state index in [2.05, 4.69) is 10.1 Å². The van der Waals surface area contributed by atoms with Crippen molar-refractivity contribution in [2.45, 2.75) is 38.2 Å². The second kappa shape index (κ2) is 7.58. The van der Waals surface area contributed by atoms with Crippen molar-refractivity contribution in [1.82, 2.24) is 14.8 Å². The summed E-state index contributed by atoms with van der Waals surface area (Å²) in [5, 5.41) is 13.0. The Bertz CT molecular complexity index is 1010. The first-order valence-corrected chi connectivity index (χ1v) is 8.38. The summed E-state index contributed by atoms with van der Waals surface area (Å²) in [6.45, 7) is -0.236. The van der Waals surface area contributed by atoms with Crippen molar-refractivity contribution in [2.75, 3.05) is 0 Å². The first-order chi connectivity index (χ1) is 12.9. The van der Waals surface area contributed by atoms with Gasteiger partial charge in [0.1, 0.15) is 18.3 Å². The molecule has 2 aromatic heterocycles. The normalized spacial score (nSPS) is 15.7. The van der Waals surface area contributed by atoms with Gasteiger partial charge in [0.15, 0.2) is 5.78 Å². The summed E-state index contributed by atoms with van der Waals surface area (Å²) >= 11 is 0. The van der Waals surface area contributed by atoms with E-state index in [1.807, 2.05) is 6.07 Å². The van der Waals surface area contributed by atoms with Crippen molar-refractivity contribution < 1.29 is 13.6 Å². The second-order valence-electron chi connectivity index (χ2n) is 6.38. The van der Waals surface area contributed by atoms with Gasteiger partial charge in [-0.25, -0.2) is 18.4 Å². The van der Waals surface area contributed by atoms with E-state index < -0.39 is 11.5 Å². The Morgan fingerprint density at radius 3 is 2.85 bits per heavy atom. The molecule has 0 N–H and O–H groups in total. The van der Waals surface area contributed by atoms with E-state index in [1.165, 1.54) is 30.5 Å². The van der Waals surface area contributed by atoms with Crippen molar-refractivity contribution in [3.8, 4) is 6.07 Å². The highest BCUT2D eigenvalue weighted by Crippen LogP contribution is 2.35. The van der Waals surface area contributed by atoms with Gasteiger partial charge < -0.3 is 0 Å². The number of allylic oxidation sites excluding steroid dienone is 2. The number of halogens is 2. The Morgan fingerprint density at radius 2 is 2.15 bits per heavy atom. The van der Waals surface area contributed by atoms with Crippen LogP contribution in [0.2, 0.25) is 0 Å². The van der Waals surface area contributed by atoms with Crippen molar-refractivity contribution in [1.29, 1.82) is 5.26 Å². The quantitative estimate of drug-likeness (QED) is 0.807. The minimum atomic E-state index is -2.71. The van der Waals surface area contributed by atoms with Gasteiger partial charge in [-0.15, -0.1) is 0 Å². The number of carbonyl (C=O) groups is 1. The minimum absolute atomic E-state index is 0.0322. The van der Waals surface area contributed by atoms with E-state index in [9.17, 15) is 18.4 Å². The molecule has 0 spiro atoms. The number of aromatic nitrogens is 3. The maximum atomic E-state index is 13.3. The third-order valence-electron chi connectivity index (χ3n) is 4.27. The van der Waals surface area contributed by atoms with E-state index in [1.54, 1.807) is 6.07 Å². The molecular weight excluding hydrogens is 354 g/mol. The lowest BCUT2D eigenvalue weighted by Gasteiger charge is -2.21. The molecule has 0 atom stereocenters. The van der Waals surface area contributed by atoms with Crippen LogP contribution in [-0.4, -0.2) is 26.5 Å². The Kier molecular flexibility index (Phi) is 5.21. The van der Waals surface area contributed by atoms with Gasteiger partial charge in [0.2, 0.25) is 0 Å². The third kappa shape index (κ3) is 4.70. The predicted octanol–water partition coefficient (Wildman–Crippen LogP) is 2.52. The van der Waals surface area contributed by atoms with E-state index in [-0.39, 0.29) is 43.7 Å². The van der Waals surface area contributed by atoms with Crippen LogP contribution in [0.15, 0.2) is 41.3 Å². The Morgan fingerprint density at radius 1 is 1.33 bits per heavy atom. The molecule has 1 aliphatic carbocycles. The molecule has 138 valence electrons. The molecule has 0 fully saturated rings. The number of alkyl halides is 2. The largest absolute Gasteiger partial charge is 0.297 e. The highest BCUT2D eigenvalue weighted by Gasteiger charge is 2.31.